The van der Waals surface area contributed by atoms with Crippen LogP contribution in [0.3, 0.4) is 0 Å². The number of likely N-dealkylation sites (tertiary alicyclic amines) is 1. The van der Waals surface area contributed by atoms with Crippen LogP contribution >= 0.6 is 0 Å². The Labute approximate surface area is 163 Å². The number of hydrogen-bond acceptors (Lipinski definition) is 2. The van der Waals surface area contributed by atoms with Crippen LogP contribution in [0.25, 0.3) is 6.08 Å². The van der Waals surface area contributed by atoms with Crippen molar-refractivity contribution in [2.24, 2.45) is 11.8 Å². The van der Waals surface area contributed by atoms with E-state index in [9.17, 15) is 9.59 Å². The topological polar surface area (TPSA) is 40.6 Å². The zero-order chi connectivity index (χ0) is 19.2. The Kier molecular flexibility index (Phi) is 6.70. The second-order valence-electron chi connectivity index (χ2n) is 8.12. The van der Waals surface area contributed by atoms with Crippen LogP contribution in [-0.2, 0) is 9.59 Å². The molecule has 2 amide bonds. The first-order chi connectivity index (χ1) is 13.1. The summed E-state index contributed by atoms with van der Waals surface area (Å²) in [6.45, 7) is 3.61. The Bertz CT molecular complexity index is 662. The molecule has 0 bridgehead atoms. The van der Waals surface area contributed by atoms with Crippen LogP contribution in [0, 0.1) is 11.8 Å². The van der Waals surface area contributed by atoms with Gasteiger partial charge in [-0.3, -0.25) is 9.59 Å². The van der Waals surface area contributed by atoms with E-state index >= 15 is 0 Å². The van der Waals surface area contributed by atoms with Gasteiger partial charge in [-0.25, -0.2) is 0 Å². The minimum absolute atomic E-state index is 0.0407. The van der Waals surface area contributed by atoms with Gasteiger partial charge >= 0.3 is 0 Å². The maximum absolute atomic E-state index is 12.9. The Hall–Kier alpha value is -2.10. The van der Waals surface area contributed by atoms with Gasteiger partial charge in [0.25, 0.3) is 0 Å². The Balaban J connectivity index is 1.50. The van der Waals surface area contributed by atoms with Crippen LogP contribution in [0.15, 0.2) is 36.4 Å². The van der Waals surface area contributed by atoms with Gasteiger partial charge in [0, 0.05) is 38.2 Å². The first-order valence-electron chi connectivity index (χ1n) is 10.3. The fourth-order valence-corrected chi connectivity index (χ4v) is 4.51. The van der Waals surface area contributed by atoms with Crippen molar-refractivity contribution in [3.8, 4) is 0 Å². The third kappa shape index (κ3) is 5.00. The molecule has 0 radical (unpaired) electrons. The molecule has 2 unspecified atom stereocenters. The zero-order valence-corrected chi connectivity index (χ0v) is 16.6. The summed E-state index contributed by atoms with van der Waals surface area (Å²) in [5, 5.41) is 0. The van der Waals surface area contributed by atoms with E-state index in [4.69, 9.17) is 0 Å². The molecule has 146 valence electrons. The highest BCUT2D eigenvalue weighted by atomic mass is 16.2. The third-order valence-electron chi connectivity index (χ3n) is 6.29. The highest BCUT2D eigenvalue weighted by Crippen LogP contribution is 2.29. The van der Waals surface area contributed by atoms with Crippen molar-refractivity contribution < 1.29 is 9.59 Å². The molecule has 2 aliphatic rings. The molecule has 0 aromatic heterocycles. The predicted molar refractivity (Wildman–Crippen MR) is 109 cm³/mol. The summed E-state index contributed by atoms with van der Waals surface area (Å²) >= 11 is 0. The van der Waals surface area contributed by atoms with Crippen molar-refractivity contribution in [1.82, 2.24) is 9.80 Å². The third-order valence-corrected chi connectivity index (χ3v) is 6.29. The highest BCUT2D eigenvalue weighted by molar-refractivity contribution is 5.92. The summed E-state index contributed by atoms with van der Waals surface area (Å²) in [6, 6.07) is 10.2. The quantitative estimate of drug-likeness (QED) is 0.755. The van der Waals surface area contributed by atoms with Gasteiger partial charge in [-0.1, -0.05) is 50.1 Å². The maximum atomic E-state index is 12.9. The lowest BCUT2D eigenvalue weighted by atomic mass is 9.84. The molecule has 1 aromatic carbocycles. The number of hydrogen-bond donors (Lipinski definition) is 0. The van der Waals surface area contributed by atoms with Gasteiger partial charge in [0.05, 0.1) is 0 Å². The van der Waals surface area contributed by atoms with E-state index in [1.165, 1.54) is 19.3 Å². The number of carbonyl (C=O) groups excluding carboxylic acids is 2. The zero-order valence-electron chi connectivity index (χ0n) is 16.6. The van der Waals surface area contributed by atoms with Gasteiger partial charge in [0.15, 0.2) is 0 Å². The first kappa shape index (κ1) is 19.7. The molecular weight excluding hydrogens is 336 g/mol. The number of amides is 2. The highest BCUT2D eigenvalue weighted by Gasteiger charge is 2.33. The van der Waals surface area contributed by atoms with Crippen molar-refractivity contribution in [2.45, 2.75) is 51.5 Å². The van der Waals surface area contributed by atoms with Crippen molar-refractivity contribution in [3.63, 3.8) is 0 Å². The molecule has 0 spiro atoms. The van der Waals surface area contributed by atoms with E-state index in [1.807, 2.05) is 53.3 Å². The minimum atomic E-state index is 0.0407. The van der Waals surface area contributed by atoms with Crippen molar-refractivity contribution in [1.29, 1.82) is 0 Å². The average Bonchev–Trinajstić information content (AvgIpc) is 2.72. The standard InChI is InChI=1S/C23H32N2O2/c1-18-8-6-7-11-21(18)24(2)23(27)20-14-16-25(17-15-20)22(26)13-12-19-9-4-3-5-10-19/h3-5,9-10,12-13,18,20-21H,6-8,11,14-17H2,1-2H3/b13-12+. The lowest BCUT2D eigenvalue weighted by Crippen LogP contribution is -2.48. The Morgan fingerprint density at radius 3 is 2.37 bits per heavy atom. The molecular formula is C23H32N2O2. The summed E-state index contributed by atoms with van der Waals surface area (Å²) < 4.78 is 0. The first-order valence-corrected chi connectivity index (χ1v) is 10.3. The van der Waals surface area contributed by atoms with Crippen LogP contribution in [-0.4, -0.2) is 47.8 Å². The normalized spacial score (nSPS) is 24.1. The molecule has 1 saturated carbocycles. The molecule has 4 heteroatoms. The van der Waals surface area contributed by atoms with Gasteiger partial charge in [-0.2, -0.15) is 0 Å². The summed E-state index contributed by atoms with van der Waals surface area (Å²) in [4.78, 5) is 29.2. The molecule has 1 heterocycles. The van der Waals surface area contributed by atoms with Crippen LogP contribution in [0.1, 0.15) is 51.0 Å². The smallest absolute Gasteiger partial charge is 0.246 e. The van der Waals surface area contributed by atoms with E-state index in [2.05, 4.69) is 6.92 Å². The van der Waals surface area contributed by atoms with E-state index < -0.39 is 0 Å². The summed E-state index contributed by atoms with van der Waals surface area (Å²) in [5.74, 6) is 0.975. The van der Waals surface area contributed by atoms with Crippen LogP contribution in [0.4, 0.5) is 0 Å². The van der Waals surface area contributed by atoms with Crippen LogP contribution < -0.4 is 0 Å². The summed E-state index contributed by atoms with van der Waals surface area (Å²) in [5.41, 5.74) is 1.03. The largest absolute Gasteiger partial charge is 0.342 e. The van der Waals surface area contributed by atoms with Crippen LogP contribution in [0.2, 0.25) is 0 Å². The second-order valence-corrected chi connectivity index (χ2v) is 8.12. The molecule has 1 aliphatic heterocycles. The molecule has 4 nitrogen and oxygen atoms in total. The van der Waals surface area contributed by atoms with Crippen LogP contribution in [0.5, 0.6) is 0 Å². The minimum Gasteiger partial charge on any atom is -0.342 e. The molecule has 1 aromatic rings. The van der Waals surface area contributed by atoms with E-state index in [1.54, 1.807) is 6.08 Å². The van der Waals surface area contributed by atoms with Crippen molar-refractivity contribution >= 4 is 17.9 Å². The lowest BCUT2D eigenvalue weighted by Gasteiger charge is -2.39. The Morgan fingerprint density at radius 1 is 1.04 bits per heavy atom. The Morgan fingerprint density at radius 2 is 1.70 bits per heavy atom. The van der Waals surface area contributed by atoms with Gasteiger partial charge in [-0.15, -0.1) is 0 Å². The van der Waals surface area contributed by atoms with E-state index in [0.29, 0.717) is 25.0 Å². The number of nitrogens with zero attached hydrogens (tertiary/aromatic N) is 2. The fourth-order valence-electron chi connectivity index (χ4n) is 4.51. The molecule has 1 saturated heterocycles. The average molecular weight is 369 g/mol. The van der Waals surface area contributed by atoms with Gasteiger partial charge in [0.1, 0.15) is 0 Å². The monoisotopic (exact) mass is 368 g/mol. The number of piperidine rings is 1. The number of carbonyl (C=O) groups is 2. The predicted octanol–water partition coefficient (Wildman–Crippen LogP) is 3.98. The number of rotatable bonds is 4. The van der Waals surface area contributed by atoms with Gasteiger partial charge < -0.3 is 9.80 Å². The van der Waals surface area contributed by atoms with Crippen molar-refractivity contribution in [2.75, 3.05) is 20.1 Å². The molecule has 1 aliphatic carbocycles. The van der Waals surface area contributed by atoms with E-state index in [-0.39, 0.29) is 17.7 Å². The van der Waals surface area contributed by atoms with Gasteiger partial charge in [-0.05, 0) is 43.2 Å². The van der Waals surface area contributed by atoms with E-state index in [0.717, 1.165) is 24.8 Å². The SMILES string of the molecule is CC1CCCCC1N(C)C(=O)C1CCN(C(=O)/C=C/c2ccccc2)CC1. The molecule has 2 atom stereocenters. The second kappa shape index (κ2) is 9.20. The fraction of sp³-hybridized carbons (Fsp3) is 0.565. The molecule has 2 fully saturated rings. The lowest BCUT2D eigenvalue weighted by molar-refractivity contribution is -0.141. The summed E-state index contributed by atoms with van der Waals surface area (Å²) in [7, 11) is 1.98. The van der Waals surface area contributed by atoms with Gasteiger partial charge in [0.2, 0.25) is 11.8 Å². The van der Waals surface area contributed by atoms with Crippen molar-refractivity contribution in [3.05, 3.63) is 42.0 Å². The number of benzene rings is 1. The molecule has 3 rings (SSSR count). The summed E-state index contributed by atoms with van der Waals surface area (Å²) in [6.07, 6.45) is 9.92. The maximum Gasteiger partial charge on any atom is 0.246 e. The molecule has 0 N–H and O–H groups in total. The molecule has 27 heavy (non-hydrogen) atoms.